The number of nitrogens with one attached hydrogen (secondary N) is 1. The fourth-order valence-electron chi connectivity index (χ4n) is 3.85. The number of nitrogens with zero attached hydrogens (tertiary/aromatic N) is 2. The first-order valence-electron chi connectivity index (χ1n) is 9.24. The van der Waals surface area contributed by atoms with Crippen LogP contribution >= 0.6 is 11.6 Å². The lowest BCUT2D eigenvalue weighted by Crippen LogP contribution is -3.14. The topological polar surface area (TPSA) is 62.1 Å². The van der Waals surface area contributed by atoms with Crippen LogP contribution in [0.25, 0.3) is 0 Å². The number of sulfonamides is 1. The van der Waals surface area contributed by atoms with Crippen molar-refractivity contribution in [2.75, 3.05) is 45.8 Å². The molecule has 1 aromatic rings. The van der Waals surface area contributed by atoms with Crippen LogP contribution in [0.15, 0.2) is 29.2 Å². The highest BCUT2D eigenvalue weighted by Gasteiger charge is 2.32. The van der Waals surface area contributed by atoms with Crippen LogP contribution in [-0.2, 0) is 14.8 Å². The third-order valence-corrected chi connectivity index (χ3v) is 7.71. The number of piperidine rings is 1. The van der Waals surface area contributed by atoms with Gasteiger partial charge in [0.05, 0.1) is 18.1 Å². The second-order valence-electron chi connectivity index (χ2n) is 7.34. The van der Waals surface area contributed by atoms with Gasteiger partial charge in [0.25, 0.3) is 5.91 Å². The number of amides is 1. The minimum absolute atomic E-state index is 0.129. The van der Waals surface area contributed by atoms with E-state index < -0.39 is 10.0 Å². The lowest BCUT2D eigenvalue weighted by atomic mass is 10.0. The number of rotatable bonds is 4. The minimum Gasteiger partial charge on any atom is -0.335 e. The zero-order chi connectivity index (χ0) is 18.7. The average Bonchev–Trinajstić information content (AvgIpc) is 2.62. The fourth-order valence-corrected chi connectivity index (χ4v) is 5.77. The molecule has 0 spiro atoms. The molecular weight excluding hydrogens is 374 g/mol. The molecule has 2 heterocycles. The van der Waals surface area contributed by atoms with Gasteiger partial charge in [-0.25, -0.2) is 8.42 Å². The molecule has 0 aromatic heterocycles. The Bertz CT molecular complexity index is 748. The second-order valence-corrected chi connectivity index (χ2v) is 9.66. The molecule has 2 aliphatic rings. The lowest BCUT2D eigenvalue weighted by Gasteiger charge is -2.35. The van der Waals surface area contributed by atoms with Gasteiger partial charge in [-0.2, -0.15) is 4.31 Å². The average molecular weight is 401 g/mol. The molecule has 0 bridgehead atoms. The van der Waals surface area contributed by atoms with Crippen molar-refractivity contribution in [3.63, 3.8) is 0 Å². The van der Waals surface area contributed by atoms with Crippen molar-refractivity contribution < 1.29 is 18.1 Å². The third-order valence-electron chi connectivity index (χ3n) is 5.31. The summed E-state index contributed by atoms with van der Waals surface area (Å²) in [5.74, 6) is 0.799. The molecule has 6 nitrogen and oxygen atoms in total. The molecule has 2 atom stereocenters. The normalized spacial score (nSPS) is 25.2. The van der Waals surface area contributed by atoms with Crippen molar-refractivity contribution in [2.24, 2.45) is 5.92 Å². The van der Waals surface area contributed by atoms with Crippen LogP contribution in [0, 0.1) is 5.92 Å². The van der Waals surface area contributed by atoms with E-state index in [0.717, 1.165) is 13.1 Å². The Kier molecular flexibility index (Phi) is 6.22. The molecular formula is C18H27ClN3O3S+. The van der Waals surface area contributed by atoms with Crippen molar-refractivity contribution in [1.29, 1.82) is 0 Å². The number of hydrogen-bond donors (Lipinski definition) is 1. The summed E-state index contributed by atoms with van der Waals surface area (Å²) >= 11 is 6.05. The van der Waals surface area contributed by atoms with Crippen LogP contribution in [0.2, 0.25) is 5.02 Å². The molecule has 8 heteroatoms. The fraction of sp³-hybridized carbons (Fsp3) is 0.611. The lowest BCUT2D eigenvalue weighted by molar-refractivity contribution is -0.900. The monoisotopic (exact) mass is 400 g/mol. The van der Waals surface area contributed by atoms with Crippen LogP contribution in [0.3, 0.4) is 0 Å². The molecule has 1 unspecified atom stereocenters. The number of benzene rings is 1. The summed E-state index contributed by atoms with van der Waals surface area (Å²) in [6.07, 6.45) is 2.42. The van der Waals surface area contributed by atoms with Crippen molar-refractivity contribution in [2.45, 2.75) is 24.7 Å². The van der Waals surface area contributed by atoms with E-state index in [-0.39, 0.29) is 15.8 Å². The van der Waals surface area contributed by atoms with Gasteiger partial charge in [-0.05, 0) is 25.0 Å². The van der Waals surface area contributed by atoms with Gasteiger partial charge in [0.1, 0.15) is 4.90 Å². The quantitative estimate of drug-likeness (QED) is 0.800. The molecule has 1 amide bonds. The number of carbonyl (C=O) groups excluding carboxylic acids is 1. The maximum atomic E-state index is 12.8. The summed E-state index contributed by atoms with van der Waals surface area (Å²) in [5, 5.41) is 0.230. The minimum atomic E-state index is -3.62. The van der Waals surface area contributed by atoms with E-state index in [1.54, 1.807) is 23.1 Å². The van der Waals surface area contributed by atoms with E-state index >= 15 is 0 Å². The number of quaternary nitrogens is 1. The predicted octanol–water partition coefficient (Wildman–Crippen LogP) is 0.488. The first kappa shape index (κ1) is 19.6. The van der Waals surface area contributed by atoms with E-state index in [1.165, 1.54) is 28.1 Å². The first-order chi connectivity index (χ1) is 12.4. The van der Waals surface area contributed by atoms with Crippen LogP contribution in [0.1, 0.15) is 19.8 Å². The van der Waals surface area contributed by atoms with Crippen LogP contribution in [-0.4, -0.2) is 69.3 Å². The summed E-state index contributed by atoms with van der Waals surface area (Å²) in [7, 11) is -3.62. The van der Waals surface area contributed by atoms with E-state index in [1.807, 2.05) is 0 Å². The summed E-state index contributed by atoms with van der Waals surface area (Å²) in [6.45, 7) is 6.35. The number of likely N-dealkylation sites (tertiary alicyclic amines) is 1. The van der Waals surface area contributed by atoms with E-state index in [0.29, 0.717) is 38.6 Å². The van der Waals surface area contributed by atoms with Gasteiger partial charge in [0, 0.05) is 32.1 Å². The number of piperazine rings is 1. The predicted molar refractivity (Wildman–Crippen MR) is 101 cm³/mol. The Labute approximate surface area is 160 Å². The Balaban J connectivity index is 1.57. The molecule has 0 saturated carbocycles. The summed E-state index contributed by atoms with van der Waals surface area (Å²) in [4.78, 5) is 15.8. The SMILES string of the molecule is C[C@H]1CCC[NH+](CC(=O)N2CCN(S(=O)(=O)c3ccccc3Cl)CC2)C1. The standard InChI is InChI=1S/C18H26ClN3O3S/c1-15-5-4-8-20(13-15)14-18(23)21-9-11-22(12-10-21)26(24,25)17-7-3-2-6-16(17)19/h2-3,6-7,15H,4-5,8-14H2,1H3/p+1/t15-/m0/s1. The summed E-state index contributed by atoms with van der Waals surface area (Å²) in [5.41, 5.74) is 0. The number of halogens is 1. The van der Waals surface area contributed by atoms with E-state index in [4.69, 9.17) is 11.6 Å². The summed E-state index contributed by atoms with van der Waals surface area (Å²) < 4.78 is 27.0. The van der Waals surface area contributed by atoms with E-state index in [9.17, 15) is 13.2 Å². The molecule has 144 valence electrons. The highest BCUT2D eigenvalue weighted by atomic mass is 35.5. The Morgan fingerprint density at radius 1 is 1.23 bits per heavy atom. The van der Waals surface area contributed by atoms with Crippen molar-refractivity contribution in [3.8, 4) is 0 Å². The van der Waals surface area contributed by atoms with Crippen LogP contribution < -0.4 is 4.90 Å². The highest BCUT2D eigenvalue weighted by molar-refractivity contribution is 7.89. The summed E-state index contributed by atoms with van der Waals surface area (Å²) in [6, 6.07) is 6.48. The van der Waals surface area contributed by atoms with Gasteiger partial charge in [-0.15, -0.1) is 0 Å². The van der Waals surface area contributed by atoms with Crippen LogP contribution in [0.5, 0.6) is 0 Å². The number of carbonyl (C=O) groups is 1. The second kappa shape index (κ2) is 8.25. The zero-order valence-electron chi connectivity index (χ0n) is 15.2. The van der Waals surface area contributed by atoms with Gasteiger partial charge in [0.15, 0.2) is 6.54 Å². The van der Waals surface area contributed by atoms with Gasteiger partial charge in [-0.1, -0.05) is 30.7 Å². The zero-order valence-corrected chi connectivity index (χ0v) is 16.7. The Hall–Kier alpha value is -1.15. The largest absolute Gasteiger partial charge is 0.335 e. The molecule has 1 N–H and O–H groups in total. The van der Waals surface area contributed by atoms with Crippen molar-refractivity contribution >= 4 is 27.5 Å². The third kappa shape index (κ3) is 4.39. The van der Waals surface area contributed by atoms with E-state index in [2.05, 4.69) is 6.92 Å². The molecule has 1 aromatic carbocycles. The van der Waals surface area contributed by atoms with Gasteiger partial charge in [0.2, 0.25) is 10.0 Å². The van der Waals surface area contributed by atoms with Gasteiger partial charge >= 0.3 is 0 Å². The maximum absolute atomic E-state index is 12.8. The molecule has 26 heavy (non-hydrogen) atoms. The molecule has 0 aliphatic carbocycles. The maximum Gasteiger partial charge on any atom is 0.277 e. The number of hydrogen-bond acceptors (Lipinski definition) is 3. The molecule has 3 rings (SSSR count). The smallest absolute Gasteiger partial charge is 0.277 e. The Morgan fingerprint density at radius 3 is 2.58 bits per heavy atom. The Morgan fingerprint density at radius 2 is 1.92 bits per heavy atom. The molecule has 2 fully saturated rings. The van der Waals surface area contributed by atoms with Crippen molar-refractivity contribution in [1.82, 2.24) is 9.21 Å². The van der Waals surface area contributed by atoms with Gasteiger partial charge in [-0.3, -0.25) is 4.79 Å². The first-order valence-corrected chi connectivity index (χ1v) is 11.1. The van der Waals surface area contributed by atoms with Crippen molar-refractivity contribution in [3.05, 3.63) is 29.3 Å². The van der Waals surface area contributed by atoms with Crippen LogP contribution in [0.4, 0.5) is 0 Å². The highest BCUT2D eigenvalue weighted by Crippen LogP contribution is 2.24. The van der Waals surface area contributed by atoms with Gasteiger partial charge < -0.3 is 9.80 Å². The molecule has 2 saturated heterocycles. The molecule has 0 radical (unpaired) electrons. The molecule has 2 aliphatic heterocycles.